The Morgan fingerprint density at radius 1 is 1.39 bits per heavy atom. The Bertz CT molecular complexity index is 494. The predicted molar refractivity (Wildman–Crippen MR) is 78.4 cm³/mol. The van der Waals surface area contributed by atoms with E-state index in [1.165, 1.54) is 4.90 Å². The molecule has 1 heterocycles. The van der Waals surface area contributed by atoms with Crippen LogP contribution in [0.5, 0.6) is 0 Å². The fourth-order valence-corrected chi connectivity index (χ4v) is 3.22. The molecule has 1 aromatic carbocycles. The second-order valence-electron chi connectivity index (χ2n) is 4.88. The molecule has 0 saturated carbocycles. The molecule has 2 nitrogen and oxygen atoms in total. The van der Waals surface area contributed by atoms with E-state index in [1.54, 1.807) is 6.20 Å². The van der Waals surface area contributed by atoms with E-state index in [0.29, 0.717) is 0 Å². The van der Waals surface area contributed by atoms with Crippen LogP contribution >= 0.6 is 23.4 Å². The number of aromatic nitrogens is 2. The van der Waals surface area contributed by atoms with Gasteiger partial charge in [0.15, 0.2) is 0 Å². The van der Waals surface area contributed by atoms with Crippen LogP contribution in [0, 0.1) is 0 Å². The highest BCUT2D eigenvalue weighted by molar-refractivity contribution is 7.99. The highest BCUT2D eigenvalue weighted by atomic mass is 35.5. The van der Waals surface area contributed by atoms with E-state index in [9.17, 15) is 0 Å². The molecule has 0 bridgehead atoms. The van der Waals surface area contributed by atoms with Crippen molar-refractivity contribution < 1.29 is 0 Å². The van der Waals surface area contributed by atoms with E-state index in [4.69, 9.17) is 11.6 Å². The highest BCUT2D eigenvalue weighted by Gasteiger charge is 2.22. The van der Waals surface area contributed by atoms with Crippen molar-refractivity contribution in [1.82, 2.24) is 9.97 Å². The van der Waals surface area contributed by atoms with Gasteiger partial charge in [0, 0.05) is 27.7 Å². The minimum absolute atomic E-state index is 0.0784. The summed E-state index contributed by atoms with van der Waals surface area (Å²) in [5, 5.41) is 0.797. The molecule has 0 aliphatic heterocycles. The van der Waals surface area contributed by atoms with E-state index in [1.807, 2.05) is 36.2 Å². The standard InChI is InChI=1S/C14H17ClN2S/c1-14(2,13-16-7-8-17-13)6-9-18-12-5-3-4-11(15)10-12/h3-5,7-8,10H,6,9H2,1-2H3,(H,16,17). The third kappa shape index (κ3) is 3.53. The number of halogens is 1. The molecule has 96 valence electrons. The first kappa shape index (κ1) is 13.5. The number of benzene rings is 1. The van der Waals surface area contributed by atoms with Crippen LogP contribution in [-0.2, 0) is 5.41 Å². The normalized spacial score (nSPS) is 11.7. The molecule has 2 rings (SSSR count). The summed E-state index contributed by atoms with van der Waals surface area (Å²) in [6, 6.07) is 7.99. The van der Waals surface area contributed by atoms with Gasteiger partial charge in [0.2, 0.25) is 0 Å². The fraction of sp³-hybridized carbons (Fsp3) is 0.357. The first-order valence-corrected chi connectivity index (χ1v) is 7.32. The van der Waals surface area contributed by atoms with Crippen molar-refractivity contribution in [2.75, 3.05) is 5.75 Å². The second kappa shape index (κ2) is 5.81. The molecule has 0 unspecified atom stereocenters. The van der Waals surface area contributed by atoms with E-state index >= 15 is 0 Å². The summed E-state index contributed by atoms with van der Waals surface area (Å²) in [6.07, 6.45) is 4.75. The summed E-state index contributed by atoms with van der Waals surface area (Å²) in [7, 11) is 0. The van der Waals surface area contributed by atoms with Crippen LogP contribution in [0.25, 0.3) is 0 Å². The van der Waals surface area contributed by atoms with Crippen LogP contribution in [0.15, 0.2) is 41.6 Å². The van der Waals surface area contributed by atoms with Gasteiger partial charge in [-0.1, -0.05) is 31.5 Å². The molecule has 0 atom stereocenters. The molecule has 1 aromatic heterocycles. The summed E-state index contributed by atoms with van der Waals surface area (Å²) >= 11 is 7.80. The zero-order valence-electron chi connectivity index (χ0n) is 10.6. The molecule has 2 aromatic rings. The molecule has 18 heavy (non-hydrogen) atoms. The zero-order chi connectivity index (χ0) is 13.0. The van der Waals surface area contributed by atoms with E-state index in [0.717, 1.165) is 23.0 Å². The summed E-state index contributed by atoms with van der Waals surface area (Å²) < 4.78 is 0. The Morgan fingerprint density at radius 2 is 2.22 bits per heavy atom. The highest BCUT2D eigenvalue weighted by Crippen LogP contribution is 2.29. The first-order chi connectivity index (χ1) is 8.58. The molecular weight excluding hydrogens is 264 g/mol. The van der Waals surface area contributed by atoms with Crippen LogP contribution < -0.4 is 0 Å². The van der Waals surface area contributed by atoms with Crippen molar-refractivity contribution in [3.8, 4) is 0 Å². The van der Waals surface area contributed by atoms with Crippen molar-refractivity contribution >= 4 is 23.4 Å². The molecule has 1 N–H and O–H groups in total. The number of rotatable bonds is 5. The van der Waals surface area contributed by atoms with Crippen LogP contribution in [0.2, 0.25) is 5.02 Å². The van der Waals surface area contributed by atoms with E-state index in [2.05, 4.69) is 29.9 Å². The number of H-pyrrole nitrogens is 1. The maximum atomic E-state index is 5.97. The Hall–Kier alpha value is -0.930. The smallest absolute Gasteiger partial charge is 0.111 e. The summed E-state index contributed by atoms with van der Waals surface area (Å²) in [4.78, 5) is 8.76. The molecule has 0 aliphatic rings. The van der Waals surface area contributed by atoms with Gasteiger partial charge in [-0.05, 0) is 30.4 Å². The zero-order valence-corrected chi connectivity index (χ0v) is 12.2. The maximum absolute atomic E-state index is 5.97. The summed E-state index contributed by atoms with van der Waals surface area (Å²) in [6.45, 7) is 4.43. The molecular formula is C14H17ClN2S. The van der Waals surface area contributed by atoms with Gasteiger partial charge in [0.05, 0.1) is 0 Å². The number of nitrogens with one attached hydrogen (secondary N) is 1. The number of aromatic amines is 1. The Labute approximate surface area is 117 Å². The first-order valence-electron chi connectivity index (χ1n) is 5.96. The maximum Gasteiger partial charge on any atom is 0.111 e. The van der Waals surface area contributed by atoms with Crippen LogP contribution in [-0.4, -0.2) is 15.7 Å². The molecule has 0 radical (unpaired) electrons. The van der Waals surface area contributed by atoms with Gasteiger partial charge in [0.25, 0.3) is 0 Å². The summed E-state index contributed by atoms with van der Waals surface area (Å²) in [5.74, 6) is 2.10. The van der Waals surface area contributed by atoms with Crippen LogP contribution in [0.1, 0.15) is 26.1 Å². The van der Waals surface area contributed by atoms with Crippen molar-refractivity contribution in [3.63, 3.8) is 0 Å². The second-order valence-corrected chi connectivity index (χ2v) is 6.48. The number of thioether (sulfide) groups is 1. The lowest BCUT2D eigenvalue weighted by molar-refractivity contribution is 0.482. The van der Waals surface area contributed by atoms with Gasteiger partial charge in [-0.25, -0.2) is 4.98 Å². The topological polar surface area (TPSA) is 28.7 Å². The van der Waals surface area contributed by atoms with Gasteiger partial charge >= 0.3 is 0 Å². The largest absolute Gasteiger partial charge is 0.348 e. The van der Waals surface area contributed by atoms with Crippen molar-refractivity contribution in [2.45, 2.75) is 30.6 Å². The summed E-state index contributed by atoms with van der Waals surface area (Å²) in [5.41, 5.74) is 0.0784. The molecule has 0 amide bonds. The third-order valence-corrected chi connectivity index (χ3v) is 4.16. The van der Waals surface area contributed by atoms with Crippen LogP contribution in [0.3, 0.4) is 0 Å². The number of hydrogen-bond donors (Lipinski definition) is 1. The number of nitrogens with zero attached hydrogens (tertiary/aromatic N) is 1. The predicted octanol–water partition coefficient (Wildman–Crippen LogP) is 4.52. The Kier molecular flexibility index (Phi) is 4.36. The van der Waals surface area contributed by atoms with Crippen molar-refractivity contribution in [3.05, 3.63) is 47.5 Å². The Morgan fingerprint density at radius 3 is 2.89 bits per heavy atom. The average Bonchev–Trinajstić information content (AvgIpc) is 2.83. The monoisotopic (exact) mass is 280 g/mol. The lowest BCUT2D eigenvalue weighted by atomic mass is 9.89. The van der Waals surface area contributed by atoms with Gasteiger partial charge in [-0.2, -0.15) is 0 Å². The van der Waals surface area contributed by atoms with Crippen LogP contribution in [0.4, 0.5) is 0 Å². The van der Waals surface area contributed by atoms with Crippen molar-refractivity contribution in [1.29, 1.82) is 0 Å². The van der Waals surface area contributed by atoms with Gasteiger partial charge in [0.1, 0.15) is 5.82 Å². The number of hydrogen-bond acceptors (Lipinski definition) is 2. The average molecular weight is 281 g/mol. The lowest BCUT2D eigenvalue weighted by Crippen LogP contribution is -2.19. The number of imidazole rings is 1. The van der Waals surface area contributed by atoms with Gasteiger partial charge in [-0.15, -0.1) is 11.8 Å². The van der Waals surface area contributed by atoms with Gasteiger partial charge in [-0.3, -0.25) is 0 Å². The van der Waals surface area contributed by atoms with E-state index < -0.39 is 0 Å². The molecule has 0 spiro atoms. The van der Waals surface area contributed by atoms with Gasteiger partial charge < -0.3 is 4.98 Å². The van der Waals surface area contributed by atoms with Crippen molar-refractivity contribution in [2.24, 2.45) is 0 Å². The minimum atomic E-state index is 0.0784. The molecule has 0 aliphatic carbocycles. The quantitative estimate of drug-likeness (QED) is 0.816. The lowest BCUT2D eigenvalue weighted by Gasteiger charge is -2.21. The molecule has 4 heteroatoms. The minimum Gasteiger partial charge on any atom is -0.348 e. The SMILES string of the molecule is CC(C)(CCSc1cccc(Cl)c1)c1ncc[nH]1. The van der Waals surface area contributed by atoms with E-state index in [-0.39, 0.29) is 5.41 Å². The Balaban J connectivity index is 1.89. The fourth-order valence-electron chi connectivity index (χ4n) is 1.73. The molecule has 0 saturated heterocycles. The molecule has 0 fully saturated rings. The third-order valence-electron chi connectivity index (χ3n) is 2.93.